The summed E-state index contributed by atoms with van der Waals surface area (Å²) >= 11 is 0. The summed E-state index contributed by atoms with van der Waals surface area (Å²) in [6, 6.07) is 11.4. The summed E-state index contributed by atoms with van der Waals surface area (Å²) < 4.78 is 16.7. The summed E-state index contributed by atoms with van der Waals surface area (Å²) in [4.78, 5) is 0. The van der Waals surface area contributed by atoms with Crippen molar-refractivity contribution in [3.05, 3.63) is 53.1 Å². The fraction of sp³-hybridized carbons (Fsp3) is 0.278. The van der Waals surface area contributed by atoms with Crippen LogP contribution in [0, 0.1) is 13.8 Å². The zero-order valence-electron chi connectivity index (χ0n) is 13.6. The Balaban J connectivity index is 1.95. The van der Waals surface area contributed by atoms with Crippen LogP contribution in [0.2, 0.25) is 0 Å². The van der Waals surface area contributed by atoms with Crippen molar-refractivity contribution >= 4 is 6.21 Å². The van der Waals surface area contributed by atoms with Gasteiger partial charge in [0.25, 0.3) is 0 Å². The van der Waals surface area contributed by atoms with Gasteiger partial charge in [-0.15, -0.1) is 0 Å². The van der Waals surface area contributed by atoms with Crippen LogP contribution >= 0.6 is 0 Å². The minimum absolute atomic E-state index is 0.378. The highest BCUT2D eigenvalue weighted by Crippen LogP contribution is 2.27. The lowest BCUT2D eigenvalue weighted by atomic mass is 10.1. The zero-order valence-corrected chi connectivity index (χ0v) is 13.6. The first-order valence-electron chi connectivity index (χ1n) is 7.32. The van der Waals surface area contributed by atoms with Gasteiger partial charge in [0.05, 0.1) is 13.3 Å². The van der Waals surface area contributed by atoms with Gasteiger partial charge < -0.3 is 19.4 Å². The molecule has 0 aliphatic rings. The van der Waals surface area contributed by atoms with E-state index < -0.39 is 0 Å². The topological polar surface area (TPSA) is 60.3 Å². The Labute approximate surface area is 136 Å². The molecule has 2 aromatic rings. The van der Waals surface area contributed by atoms with Crippen LogP contribution in [0.4, 0.5) is 0 Å². The fourth-order valence-corrected chi connectivity index (χ4v) is 2.12. The first-order chi connectivity index (χ1) is 11.1. The quantitative estimate of drug-likeness (QED) is 0.367. The predicted molar refractivity (Wildman–Crippen MR) is 89.3 cm³/mol. The van der Waals surface area contributed by atoms with Crippen LogP contribution in [0.15, 0.2) is 41.6 Å². The zero-order chi connectivity index (χ0) is 16.7. The van der Waals surface area contributed by atoms with Crippen LogP contribution < -0.4 is 14.2 Å². The lowest BCUT2D eigenvalue weighted by Gasteiger charge is -2.13. The SMILES string of the molecule is COc1ccc(C=NO)cc1OCCOc1cc(C)ccc1C. The van der Waals surface area contributed by atoms with Gasteiger partial charge in [0.15, 0.2) is 11.5 Å². The van der Waals surface area contributed by atoms with Crippen LogP contribution in [0.5, 0.6) is 17.2 Å². The standard InChI is InChI=1S/C18H21NO4/c1-13-4-5-14(2)17(10-13)22-8-9-23-18-11-15(12-19-20)6-7-16(18)21-3/h4-7,10-12,20H,8-9H2,1-3H3. The molecular formula is C18H21NO4. The number of benzene rings is 2. The van der Waals surface area contributed by atoms with Crippen LogP contribution in [0.25, 0.3) is 0 Å². The molecule has 0 fully saturated rings. The molecule has 0 aliphatic heterocycles. The van der Waals surface area contributed by atoms with Gasteiger partial charge in [0.2, 0.25) is 0 Å². The molecule has 0 amide bonds. The van der Waals surface area contributed by atoms with Crippen molar-refractivity contribution in [2.45, 2.75) is 13.8 Å². The fourth-order valence-electron chi connectivity index (χ4n) is 2.12. The molecule has 1 N–H and O–H groups in total. The van der Waals surface area contributed by atoms with Crippen molar-refractivity contribution in [2.24, 2.45) is 5.16 Å². The molecule has 0 radical (unpaired) electrons. The summed E-state index contributed by atoms with van der Waals surface area (Å²) in [5, 5.41) is 11.6. The maximum absolute atomic E-state index is 8.60. The monoisotopic (exact) mass is 315 g/mol. The Morgan fingerprint density at radius 2 is 1.70 bits per heavy atom. The Hall–Kier alpha value is -2.69. The van der Waals surface area contributed by atoms with Crippen molar-refractivity contribution in [1.82, 2.24) is 0 Å². The molecule has 0 bridgehead atoms. The van der Waals surface area contributed by atoms with Crippen molar-refractivity contribution < 1.29 is 19.4 Å². The lowest BCUT2D eigenvalue weighted by molar-refractivity contribution is 0.210. The average Bonchev–Trinajstić information content (AvgIpc) is 2.55. The number of hydrogen-bond acceptors (Lipinski definition) is 5. The van der Waals surface area contributed by atoms with Gasteiger partial charge in [-0.1, -0.05) is 17.3 Å². The summed E-state index contributed by atoms with van der Waals surface area (Å²) in [5.74, 6) is 2.06. The Kier molecular flexibility index (Phi) is 5.86. The molecule has 23 heavy (non-hydrogen) atoms. The molecule has 2 aromatic carbocycles. The third kappa shape index (κ3) is 4.64. The number of ether oxygens (including phenoxy) is 3. The maximum Gasteiger partial charge on any atom is 0.161 e. The van der Waals surface area contributed by atoms with E-state index in [1.54, 1.807) is 25.3 Å². The average molecular weight is 315 g/mol. The van der Waals surface area contributed by atoms with Gasteiger partial charge in [-0.3, -0.25) is 0 Å². The molecule has 0 saturated heterocycles. The minimum atomic E-state index is 0.378. The van der Waals surface area contributed by atoms with Gasteiger partial charge in [-0.05, 0) is 49.2 Å². The molecular weight excluding hydrogens is 294 g/mol. The van der Waals surface area contributed by atoms with Crippen LogP contribution in [-0.2, 0) is 0 Å². The second-order valence-corrected chi connectivity index (χ2v) is 5.12. The van der Waals surface area contributed by atoms with Crippen molar-refractivity contribution in [3.8, 4) is 17.2 Å². The second kappa shape index (κ2) is 8.08. The van der Waals surface area contributed by atoms with E-state index in [9.17, 15) is 0 Å². The highest BCUT2D eigenvalue weighted by molar-refractivity contribution is 5.80. The van der Waals surface area contributed by atoms with Crippen molar-refractivity contribution in [3.63, 3.8) is 0 Å². The van der Waals surface area contributed by atoms with Crippen molar-refractivity contribution in [2.75, 3.05) is 20.3 Å². The summed E-state index contributed by atoms with van der Waals surface area (Å²) in [7, 11) is 1.58. The van der Waals surface area contributed by atoms with E-state index in [0.717, 1.165) is 22.4 Å². The highest BCUT2D eigenvalue weighted by atomic mass is 16.5. The second-order valence-electron chi connectivity index (χ2n) is 5.12. The Morgan fingerprint density at radius 3 is 2.39 bits per heavy atom. The third-order valence-corrected chi connectivity index (χ3v) is 3.34. The minimum Gasteiger partial charge on any atom is -0.493 e. The number of oxime groups is 1. The summed E-state index contributed by atoms with van der Waals surface area (Å²) in [5.41, 5.74) is 2.97. The van der Waals surface area contributed by atoms with Gasteiger partial charge in [-0.2, -0.15) is 0 Å². The van der Waals surface area contributed by atoms with Crippen LogP contribution in [0.3, 0.4) is 0 Å². The third-order valence-electron chi connectivity index (χ3n) is 3.34. The number of aryl methyl sites for hydroxylation is 2. The van der Waals surface area contributed by atoms with E-state index in [0.29, 0.717) is 24.7 Å². The summed E-state index contributed by atoms with van der Waals surface area (Å²) in [6.45, 7) is 4.84. The normalized spacial score (nSPS) is 10.7. The molecule has 5 heteroatoms. The van der Waals surface area contributed by atoms with E-state index in [1.807, 2.05) is 26.0 Å². The molecule has 0 unspecified atom stereocenters. The van der Waals surface area contributed by atoms with E-state index in [1.165, 1.54) is 6.21 Å². The molecule has 0 aromatic heterocycles. The predicted octanol–water partition coefficient (Wildman–Crippen LogP) is 3.58. The maximum atomic E-state index is 8.60. The Bertz CT molecular complexity index is 683. The smallest absolute Gasteiger partial charge is 0.161 e. The number of methoxy groups -OCH3 is 1. The number of hydrogen-bond donors (Lipinski definition) is 1. The highest BCUT2D eigenvalue weighted by Gasteiger charge is 2.06. The van der Waals surface area contributed by atoms with Crippen molar-refractivity contribution in [1.29, 1.82) is 0 Å². The Morgan fingerprint density at radius 1 is 0.957 bits per heavy atom. The largest absolute Gasteiger partial charge is 0.493 e. The number of nitrogens with zero attached hydrogens (tertiary/aromatic N) is 1. The first kappa shape index (κ1) is 16.7. The van der Waals surface area contributed by atoms with E-state index in [-0.39, 0.29) is 0 Å². The molecule has 2 rings (SSSR count). The van der Waals surface area contributed by atoms with Crippen LogP contribution in [-0.4, -0.2) is 31.7 Å². The van der Waals surface area contributed by atoms with Gasteiger partial charge >= 0.3 is 0 Å². The van der Waals surface area contributed by atoms with E-state index in [2.05, 4.69) is 11.2 Å². The van der Waals surface area contributed by atoms with E-state index >= 15 is 0 Å². The van der Waals surface area contributed by atoms with Gasteiger partial charge in [-0.25, -0.2) is 0 Å². The van der Waals surface area contributed by atoms with Gasteiger partial charge in [0.1, 0.15) is 19.0 Å². The lowest BCUT2D eigenvalue weighted by Crippen LogP contribution is -2.10. The molecule has 0 heterocycles. The molecule has 0 saturated carbocycles. The molecule has 5 nitrogen and oxygen atoms in total. The molecule has 0 atom stereocenters. The molecule has 0 aliphatic carbocycles. The van der Waals surface area contributed by atoms with Gasteiger partial charge in [0, 0.05) is 5.56 Å². The first-order valence-corrected chi connectivity index (χ1v) is 7.32. The van der Waals surface area contributed by atoms with Crippen LogP contribution in [0.1, 0.15) is 16.7 Å². The van der Waals surface area contributed by atoms with E-state index in [4.69, 9.17) is 19.4 Å². The summed E-state index contributed by atoms with van der Waals surface area (Å²) in [6.07, 6.45) is 1.33. The molecule has 0 spiro atoms. The number of rotatable bonds is 7. The molecule has 122 valence electrons.